The summed E-state index contributed by atoms with van der Waals surface area (Å²) >= 11 is 0. The van der Waals surface area contributed by atoms with Crippen LogP contribution >= 0.6 is 0 Å². The third-order valence-electron chi connectivity index (χ3n) is 4.67. The second-order valence-electron chi connectivity index (χ2n) is 6.31. The molecule has 0 heterocycles. The zero-order chi connectivity index (χ0) is 17.9. The lowest BCUT2D eigenvalue weighted by Gasteiger charge is -2.18. The number of amides is 1. The second kappa shape index (κ2) is 7.02. The average molecular weight is 344 g/mol. The molecule has 3 aromatic carbocycles. The molecule has 4 nitrogen and oxygen atoms in total. The Morgan fingerprint density at radius 3 is 2.19 bits per heavy atom. The van der Waals surface area contributed by atoms with Gasteiger partial charge in [-0.05, 0) is 40.5 Å². The molecular formula is C22H20N2O2. The van der Waals surface area contributed by atoms with E-state index in [1.165, 1.54) is 22.3 Å². The van der Waals surface area contributed by atoms with Crippen LogP contribution in [0.5, 0.6) is 0 Å². The molecule has 3 N–H and O–H groups in total. The van der Waals surface area contributed by atoms with E-state index in [0.29, 0.717) is 5.56 Å². The van der Waals surface area contributed by atoms with Crippen molar-refractivity contribution in [1.29, 1.82) is 0 Å². The van der Waals surface area contributed by atoms with Crippen LogP contribution in [0.4, 0.5) is 5.69 Å². The van der Waals surface area contributed by atoms with Gasteiger partial charge in [-0.3, -0.25) is 4.79 Å². The first kappa shape index (κ1) is 16.4. The second-order valence-corrected chi connectivity index (χ2v) is 6.31. The van der Waals surface area contributed by atoms with Crippen molar-refractivity contribution in [3.8, 4) is 11.1 Å². The van der Waals surface area contributed by atoms with Crippen molar-refractivity contribution in [2.75, 3.05) is 18.5 Å². The predicted molar refractivity (Wildman–Crippen MR) is 103 cm³/mol. The highest BCUT2D eigenvalue weighted by Crippen LogP contribution is 2.44. The number of anilines is 1. The number of rotatable bonds is 5. The van der Waals surface area contributed by atoms with Gasteiger partial charge in [-0.1, -0.05) is 54.6 Å². The molecule has 0 saturated heterocycles. The first-order valence-electron chi connectivity index (χ1n) is 8.72. The molecule has 1 amide bonds. The Morgan fingerprint density at radius 1 is 0.885 bits per heavy atom. The lowest BCUT2D eigenvalue weighted by atomic mass is 10.0. The first-order chi connectivity index (χ1) is 12.8. The highest BCUT2D eigenvalue weighted by Gasteiger charge is 2.27. The minimum atomic E-state index is -0.185. The highest BCUT2D eigenvalue weighted by molar-refractivity contribution is 5.95. The third kappa shape index (κ3) is 2.95. The van der Waals surface area contributed by atoms with E-state index >= 15 is 0 Å². The van der Waals surface area contributed by atoms with Gasteiger partial charge in [0.15, 0.2) is 0 Å². The van der Waals surface area contributed by atoms with Crippen LogP contribution in [0, 0.1) is 0 Å². The summed E-state index contributed by atoms with van der Waals surface area (Å²) in [6, 6.07) is 24.3. The molecule has 0 atom stereocenters. The highest BCUT2D eigenvalue weighted by atomic mass is 16.3. The average Bonchev–Trinajstić information content (AvgIpc) is 3.01. The lowest BCUT2D eigenvalue weighted by Crippen LogP contribution is -2.26. The number of nitrogens with one attached hydrogen (secondary N) is 2. The van der Waals surface area contributed by atoms with Crippen LogP contribution in [-0.2, 0) is 0 Å². The molecule has 0 aromatic heterocycles. The number of hydrogen-bond donors (Lipinski definition) is 3. The van der Waals surface area contributed by atoms with Gasteiger partial charge in [0, 0.05) is 17.8 Å². The van der Waals surface area contributed by atoms with Gasteiger partial charge in [0.2, 0.25) is 0 Å². The minimum Gasteiger partial charge on any atom is -0.395 e. The van der Waals surface area contributed by atoms with E-state index in [1.807, 2.05) is 18.2 Å². The van der Waals surface area contributed by atoms with Crippen molar-refractivity contribution < 1.29 is 9.90 Å². The number of benzene rings is 3. The molecule has 0 unspecified atom stereocenters. The van der Waals surface area contributed by atoms with Crippen LogP contribution in [0.1, 0.15) is 27.5 Å². The number of aliphatic hydroxyl groups excluding tert-OH is 1. The number of carbonyl (C=O) groups excluding carboxylic acids is 1. The summed E-state index contributed by atoms with van der Waals surface area (Å²) in [6.07, 6.45) is 0. The Bertz CT molecular complexity index is 907. The van der Waals surface area contributed by atoms with Gasteiger partial charge in [0.05, 0.1) is 12.6 Å². The molecule has 1 aliphatic carbocycles. The van der Waals surface area contributed by atoms with Crippen molar-refractivity contribution in [1.82, 2.24) is 5.32 Å². The molecular weight excluding hydrogens is 324 g/mol. The molecule has 4 heteroatoms. The summed E-state index contributed by atoms with van der Waals surface area (Å²) < 4.78 is 0. The van der Waals surface area contributed by atoms with Crippen LogP contribution in [0.25, 0.3) is 11.1 Å². The molecule has 0 saturated carbocycles. The minimum absolute atomic E-state index is 0.0538. The fraction of sp³-hybridized carbons (Fsp3) is 0.136. The van der Waals surface area contributed by atoms with E-state index in [1.54, 1.807) is 6.07 Å². The Balaban J connectivity index is 1.65. The SMILES string of the molecule is O=C(NCCO)c1cccc(NC2c3ccccc3-c3ccccc32)c1. The van der Waals surface area contributed by atoms with Gasteiger partial charge < -0.3 is 15.7 Å². The standard InChI is InChI=1S/C22H20N2O2/c25-13-12-23-22(26)15-6-5-7-16(14-15)24-21-19-10-3-1-8-17(19)18-9-2-4-11-20(18)21/h1-11,14,21,24-25H,12-13H2,(H,23,26). The monoisotopic (exact) mass is 344 g/mol. The Labute approximate surface area is 152 Å². The van der Waals surface area contributed by atoms with Gasteiger partial charge in [0.1, 0.15) is 0 Å². The maximum atomic E-state index is 12.1. The summed E-state index contributed by atoms with van der Waals surface area (Å²) in [7, 11) is 0. The van der Waals surface area contributed by atoms with Crippen molar-refractivity contribution in [3.63, 3.8) is 0 Å². The van der Waals surface area contributed by atoms with Crippen LogP contribution in [0.3, 0.4) is 0 Å². The largest absolute Gasteiger partial charge is 0.395 e. The van der Waals surface area contributed by atoms with Crippen molar-refractivity contribution in [3.05, 3.63) is 89.5 Å². The van der Waals surface area contributed by atoms with Crippen molar-refractivity contribution >= 4 is 11.6 Å². The fourth-order valence-electron chi connectivity index (χ4n) is 3.50. The van der Waals surface area contributed by atoms with Gasteiger partial charge in [-0.2, -0.15) is 0 Å². The Morgan fingerprint density at radius 2 is 1.54 bits per heavy atom. The van der Waals surface area contributed by atoms with Crippen LogP contribution in [-0.4, -0.2) is 24.2 Å². The summed E-state index contributed by atoms with van der Waals surface area (Å²) in [4.78, 5) is 12.1. The summed E-state index contributed by atoms with van der Waals surface area (Å²) in [5.74, 6) is -0.185. The van der Waals surface area contributed by atoms with E-state index in [0.717, 1.165) is 5.69 Å². The number of aliphatic hydroxyl groups is 1. The Hall–Kier alpha value is -3.11. The number of fused-ring (bicyclic) bond motifs is 3. The smallest absolute Gasteiger partial charge is 0.251 e. The van der Waals surface area contributed by atoms with E-state index in [2.05, 4.69) is 59.2 Å². The number of hydrogen-bond acceptors (Lipinski definition) is 3. The van der Waals surface area contributed by atoms with E-state index < -0.39 is 0 Å². The molecule has 3 aromatic rings. The van der Waals surface area contributed by atoms with Crippen molar-refractivity contribution in [2.45, 2.75) is 6.04 Å². The maximum Gasteiger partial charge on any atom is 0.251 e. The summed E-state index contributed by atoms with van der Waals surface area (Å²) in [5, 5.41) is 15.1. The molecule has 0 spiro atoms. The predicted octanol–water partition coefficient (Wildman–Crippen LogP) is 3.59. The van der Waals surface area contributed by atoms with E-state index in [4.69, 9.17) is 5.11 Å². The van der Waals surface area contributed by atoms with Crippen LogP contribution in [0.2, 0.25) is 0 Å². The molecule has 4 rings (SSSR count). The molecule has 26 heavy (non-hydrogen) atoms. The molecule has 0 radical (unpaired) electrons. The van der Waals surface area contributed by atoms with E-state index in [9.17, 15) is 4.79 Å². The number of carbonyl (C=O) groups is 1. The maximum absolute atomic E-state index is 12.1. The Kier molecular flexibility index (Phi) is 4.42. The molecule has 0 aliphatic heterocycles. The van der Waals surface area contributed by atoms with Gasteiger partial charge in [0.25, 0.3) is 5.91 Å². The lowest BCUT2D eigenvalue weighted by molar-refractivity contribution is 0.0945. The molecule has 0 fully saturated rings. The zero-order valence-corrected chi connectivity index (χ0v) is 14.3. The quantitative estimate of drug-likeness (QED) is 0.663. The van der Waals surface area contributed by atoms with E-state index in [-0.39, 0.29) is 25.1 Å². The van der Waals surface area contributed by atoms with Gasteiger partial charge >= 0.3 is 0 Å². The van der Waals surface area contributed by atoms with Gasteiger partial charge in [-0.25, -0.2) is 0 Å². The molecule has 130 valence electrons. The zero-order valence-electron chi connectivity index (χ0n) is 14.3. The summed E-state index contributed by atoms with van der Waals surface area (Å²) in [5.41, 5.74) is 6.43. The van der Waals surface area contributed by atoms with Crippen molar-refractivity contribution in [2.24, 2.45) is 0 Å². The molecule has 1 aliphatic rings. The van der Waals surface area contributed by atoms with Crippen LogP contribution < -0.4 is 10.6 Å². The van der Waals surface area contributed by atoms with Gasteiger partial charge in [-0.15, -0.1) is 0 Å². The normalized spacial score (nSPS) is 12.3. The fourth-order valence-corrected chi connectivity index (χ4v) is 3.50. The summed E-state index contributed by atoms with van der Waals surface area (Å²) in [6.45, 7) is 0.180. The first-order valence-corrected chi connectivity index (χ1v) is 8.72. The third-order valence-corrected chi connectivity index (χ3v) is 4.67. The topological polar surface area (TPSA) is 61.4 Å². The molecule has 0 bridgehead atoms. The van der Waals surface area contributed by atoms with Crippen LogP contribution in [0.15, 0.2) is 72.8 Å².